The normalized spacial score (nSPS) is 12.3. The van der Waals surface area contributed by atoms with Crippen molar-refractivity contribution in [3.05, 3.63) is 69.2 Å². The Kier molecular flexibility index (Phi) is 9.57. The van der Waals surface area contributed by atoms with Crippen molar-refractivity contribution >= 4 is 63.5 Å². The molecule has 4 rings (SSSR count). The maximum absolute atomic E-state index is 13.0. The zero-order valence-corrected chi connectivity index (χ0v) is 23.3. The number of hydrogen-bond acceptors (Lipinski definition) is 7. The number of imidazole rings is 1. The molecule has 5 N–H and O–H groups in total. The highest BCUT2D eigenvalue weighted by Gasteiger charge is 2.30. The van der Waals surface area contributed by atoms with Gasteiger partial charge in [-0.2, -0.15) is 23.1 Å². The smallest absolute Gasteiger partial charge is 0.416 e. The molecule has 228 valence electrons. The van der Waals surface area contributed by atoms with E-state index in [9.17, 15) is 36.6 Å². The fourth-order valence-electron chi connectivity index (χ4n) is 3.64. The number of nitrogens with zero attached hydrogens (tertiary/aromatic N) is 2. The highest BCUT2D eigenvalue weighted by Crippen LogP contribution is 2.36. The lowest BCUT2D eigenvalue weighted by Gasteiger charge is -2.13. The molecule has 0 aliphatic carbocycles. The highest BCUT2D eigenvalue weighted by molar-refractivity contribution is 6.39. The molecule has 2 heterocycles. The second-order valence-corrected chi connectivity index (χ2v) is 9.73. The summed E-state index contributed by atoms with van der Waals surface area (Å²) in [5.74, 6) is -1.99. The van der Waals surface area contributed by atoms with Crippen LogP contribution in [0.2, 0.25) is 10.0 Å². The van der Waals surface area contributed by atoms with E-state index in [2.05, 4.69) is 30.9 Å². The Labute approximate surface area is 249 Å². The molecule has 2 amide bonds. The van der Waals surface area contributed by atoms with Crippen LogP contribution in [-0.4, -0.2) is 51.0 Å². The number of halogens is 7. The van der Waals surface area contributed by atoms with Gasteiger partial charge in [0.2, 0.25) is 17.7 Å². The molecule has 0 aliphatic heterocycles. The zero-order chi connectivity index (χ0) is 31.5. The number of benzene rings is 2. The van der Waals surface area contributed by atoms with Crippen LogP contribution in [0.4, 0.5) is 39.3 Å². The van der Waals surface area contributed by atoms with Gasteiger partial charge < -0.3 is 30.8 Å². The lowest BCUT2D eigenvalue weighted by molar-refractivity contribution is -0.137. The molecule has 0 saturated carbocycles. The van der Waals surface area contributed by atoms with E-state index in [-0.39, 0.29) is 50.6 Å². The Balaban J connectivity index is 1.62. The maximum atomic E-state index is 13.0. The van der Waals surface area contributed by atoms with Gasteiger partial charge in [0.25, 0.3) is 12.3 Å². The lowest BCUT2D eigenvalue weighted by atomic mass is 10.2. The number of hydrogen-bond donors (Lipinski definition) is 5. The van der Waals surface area contributed by atoms with Crippen molar-refractivity contribution in [2.75, 3.05) is 17.2 Å². The van der Waals surface area contributed by atoms with Crippen LogP contribution in [0.3, 0.4) is 0 Å². The van der Waals surface area contributed by atoms with Crippen molar-refractivity contribution in [3.8, 4) is 5.88 Å². The van der Waals surface area contributed by atoms with E-state index in [0.29, 0.717) is 5.56 Å². The van der Waals surface area contributed by atoms with Crippen LogP contribution in [0.5, 0.6) is 5.88 Å². The summed E-state index contributed by atoms with van der Waals surface area (Å²) in [6.07, 6.45) is -8.71. The molecule has 4 aromatic rings. The van der Waals surface area contributed by atoms with Crippen molar-refractivity contribution in [3.63, 3.8) is 0 Å². The summed E-state index contributed by atoms with van der Waals surface area (Å²) in [5, 5.41) is 17.4. The number of carbonyl (C=O) groups excluding carboxylic acids is 2. The number of ether oxygens (including phenoxy) is 1. The summed E-state index contributed by atoms with van der Waals surface area (Å²) in [4.78, 5) is 35.9. The minimum absolute atomic E-state index is 0.00123. The van der Waals surface area contributed by atoms with Gasteiger partial charge in [-0.15, -0.1) is 0 Å². The summed E-state index contributed by atoms with van der Waals surface area (Å²) in [6.45, 7) is 0.172. The van der Waals surface area contributed by atoms with Crippen molar-refractivity contribution in [1.29, 1.82) is 0 Å². The highest BCUT2D eigenvalue weighted by atomic mass is 35.5. The first-order valence-corrected chi connectivity index (χ1v) is 13.0. The Bertz CT molecular complexity index is 1650. The van der Waals surface area contributed by atoms with Crippen LogP contribution >= 0.6 is 23.2 Å². The number of amides is 2. The summed E-state index contributed by atoms with van der Waals surface area (Å²) < 4.78 is 69.4. The number of alkyl halides is 5. The van der Waals surface area contributed by atoms with Gasteiger partial charge in [0, 0.05) is 12.2 Å². The molecule has 17 heteroatoms. The average Bonchev–Trinajstić information content (AvgIpc) is 3.34. The molecule has 1 atom stereocenters. The fraction of sp³-hybridized carbons (Fsp3) is 0.231. The largest absolute Gasteiger partial charge is 0.471 e. The number of nitrogens with one attached hydrogen (secondary N) is 4. The Morgan fingerprint density at radius 3 is 2.42 bits per heavy atom. The van der Waals surface area contributed by atoms with Crippen LogP contribution < -0.4 is 20.7 Å². The van der Waals surface area contributed by atoms with E-state index in [0.717, 1.165) is 24.3 Å². The van der Waals surface area contributed by atoms with Crippen LogP contribution in [0, 0.1) is 0 Å². The Morgan fingerprint density at radius 1 is 1.09 bits per heavy atom. The van der Waals surface area contributed by atoms with Gasteiger partial charge in [-0.1, -0.05) is 29.3 Å². The average molecular weight is 647 g/mol. The monoisotopic (exact) mass is 646 g/mol. The number of aromatic amines is 1. The number of carbonyl (C=O) groups is 2. The molecule has 0 unspecified atom stereocenters. The number of H-pyrrole nitrogens is 1. The molecular weight excluding hydrogens is 626 g/mol. The first-order valence-electron chi connectivity index (χ1n) is 12.2. The summed E-state index contributed by atoms with van der Waals surface area (Å²) in [5.41, 5.74) is -0.513. The molecule has 0 fully saturated rings. The predicted octanol–water partition coefficient (Wildman–Crippen LogP) is 5.92. The number of fused-ring (bicyclic) bond motifs is 1. The van der Waals surface area contributed by atoms with Gasteiger partial charge in [-0.3, -0.25) is 9.59 Å². The zero-order valence-electron chi connectivity index (χ0n) is 21.8. The van der Waals surface area contributed by atoms with E-state index >= 15 is 0 Å². The standard InChI is InChI=1S/C26H21Cl2F5N6O4/c1-11(40)22(41)34-9-12-2-7-16(27)20(19(12)28)37-25-36-17-8-15(24(38-21(17)39-25)43-10-18(29)30)23(42)35-14-5-3-13(4-6-14)26(31,32)33/h2-8,11,18,40H,9-10H2,1H3,(H,34,41)(H,35,42)(H2,36,37,38,39)/t11-/m0/s1. The number of aliphatic hydroxyl groups excluding tert-OH is 1. The molecule has 0 radical (unpaired) electrons. The number of aromatic nitrogens is 3. The Hall–Kier alpha value is -4.21. The number of anilines is 3. The molecule has 43 heavy (non-hydrogen) atoms. The third kappa shape index (κ3) is 7.80. The van der Waals surface area contributed by atoms with E-state index < -0.39 is 48.6 Å². The maximum Gasteiger partial charge on any atom is 0.416 e. The summed E-state index contributed by atoms with van der Waals surface area (Å²) >= 11 is 12.8. The molecule has 2 aromatic carbocycles. The first-order chi connectivity index (χ1) is 20.2. The SMILES string of the molecule is C[C@H](O)C(=O)NCc1ccc(Cl)c(Nc2nc3nc(OCC(F)F)c(C(=O)Nc4ccc(C(F)(F)F)cc4)cc3[nH]2)c1Cl. The quantitative estimate of drug-likeness (QED) is 0.135. The third-order valence-corrected chi connectivity index (χ3v) is 6.49. The summed E-state index contributed by atoms with van der Waals surface area (Å²) in [7, 11) is 0. The molecule has 10 nitrogen and oxygen atoms in total. The summed E-state index contributed by atoms with van der Waals surface area (Å²) in [6, 6.07) is 7.87. The lowest BCUT2D eigenvalue weighted by Crippen LogP contribution is -2.32. The minimum Gasteiger partial charge on any atom is -0.471 e. The topological polar surface area (TPSA) is 141 Å². The van der Waals surface area contributed by atoms with Gasteiger partial charge in [-0.25, -0.2) is 8.78 Å². The van der Waals surface area contributed by atoms with Gasteiger partial charge in [0.15, 0.2) is 12.3 Å². The molecule has 0 aliphatic rings. The number of aliphatic hydroxyl groups is 1. The van der Waals surface area contributed by atoms with Crippen molar-refractivity contribution < 1.29 is 41.4 Å². The Morgan fingerprint density at radius 2 is 1.79 bits per heavy atom. The van der Waals surface area contributed by atoms with Crippen LogP contribution in [0.1, 0.15) is 28.4 Å². The molecule has 0 bridgehead atoms. The molecule has 0 saturated heterocycles. The van der Waals surface area contributed by atoms with Gasteiger partial charge >= 0.3 is 6.18 Å². The van der Waals surface area contributed by atoms with E-state index in [1.54, 1.807) is 6.07 Å². The third-order valence-electron chi connectivity index (χ3n) is 5.75. The molecule has 0 spiro atoms. The van der Waals surface area contributed by atoms with Gasteiger partial charge in [0.05, 0.1) is 26.8 Å². The van der Waals surface area contributed by atoms with E-state index in [4.69, 9.17) is 27.9 Å². The van der Waals surface area contributed by atoms with E-state index in [1.165, 1.54) is 19.1 Å². The van der Waals surface area contributed by atoms with Crippen molar-refractivity contribution in [1.82, 2.24) is 20.3 Å². The van der Waals surface area contributed by atoms with E-state index in [1.807, 2.05) is 0 Å². The molecular formula is C26H21Cl2F5N6O4. The fourth-order valence-corrected chi connectivity index (χ4v) is 4.17. The number of pyridine rings is 1. The molecule has 2 aromatic heterocycles. The minimum atomic E-state index is -4.58. The van der Waals surface area contributed by atoms with Gasteiger partial charge in [-0.05, 0) is 48.9 Å². The number of rotatable bonds is 10. The predicted molar refractivity (Wildman–Crippen MR) is 148 cm³/mol. The van der Waals surface area contributed by atoms with Crippen LogP contribution in [0.15, 0.2) is 42.5 Å². The van der Waals surface area contributed by atoms with Crippen molar-refractivity contribution in [2.24, 2.45) is 0 Å². The van der Waals surface area contributed by atoms with Crippen LogP contribution in [-0.2, 0) is 17.5 Å². The van der Waals surface area contributed by atoms with Crippen molar-refractivity contribution in [2.45, 2.75) is 32.2 Å². The second kappa shape index (κ2) is 13.0. The first kappa shape index (κ1) is 31.7. The van der Waals surface area contributed by atoms with Crippen LogP contribution in [0.25, 0.3) is 11.2 Å². The van der Waals surface area contributed by atoms with Gasteiger partial charge in [0.1, 0.15) is 11.7 Å². The second-order valence-electron chi connectivity index (χ2n) is 8.94.